The Balaban J connectivity index is 1.87. The monoisotopic (exact) mass is 415 g/mol. The maximum Gasteiger partial charge on any atom is 0.241 e. The van der Waals surface area contributed by atoms with Crippen molar-refractivity contribution >= 4 is 27.3 Å². The molecule has 0 fully saturated rings. The largest absolute Gasteiger partial charge is 0.497 e. The van der Waals surface area contributed by atoms with Gasteiger partial charge in [-0.15, -0.1) is 0 Å². The molecule has 0 aliphatic carbocycles. The number of nitrogens with one attached hydrogen (secondary N) is 2. The summed E-state index contributed by atoms with van der Waals surface area (Å²) in [5.74, 6) is 0.741. The molecule has 0 aromatic heterocycles. The summed E-state index contributed by atoms with van der Waals surface area (Å²) in [6.45, 7) is 3.41. The van der Waals surface area contributed by atoms with Crippen molar-refractivity contribution in [3.63, 3.8) is 0 Å². The van der Waals surface area contributed by atoms with Gasteiger partial charge in [-0.05, 0) is 48.4 Å². The minimum absolute atomic E-state index is 0.0130. The molecule has 1 aliphatic rings. The van der Waals surface area contributed by atoms with E-state index in [4.69, 9.17) is 4.74 Å². The van der Waals surface area contributed by atoms with E-state index in [-0.39, 0.29) is 17.7 Å². The molecule has 1 heterocycles. The van der Waals surface area contributed by atoms with Crippen LogP contribution < -0.4 is 14.9 Å². The van der Waals surface area contributed by atoms with Crippen molar-refractivity contribution in [3.05, 3.63) is 65.7 Å². The van der Waals surface area contributed by atoms with E-state index in [1.54, 1.807) is 31.2 Å². The van der Waals surface area contributed by atoms with Gasteiger partial charge < -0.3 is 4.74 Å². The zero-order chi connectivity index (χ0) is 21.0. The molecular formula is C21H25N3O4S. The number of amides is 1. The number of ether oxygens (including phenoxy) is 1. The van der Waals surface area contributed by atoms with Gasteiger partial charge in [0.05, 0.1) is 24.6 Å². The van der Waals surface area contributed by atoms with E-state index in [0.717, 1.165) is 22.6 Å². The van der Waals surface area contributed by atoms with Crippen LogP contribution in [0.4, 0.5) is 5.69 Å². The van der Waals surface area contributed by atoms with E-state index in [9.17, 15) is 13.2 Å². The van der Waals surface area contributed by atoms with Gasteiger partial charge in [0.2, 0.25) is 15.9 Å². The smallest absolute Gasteiger partial charge is 0.241 e. The van der Waals surface area contributed by atoms with E-state index in [2.05, 4.69) is 10.1 Å². The molecule has 0 bridgehead atoms. The van der Waals surface area contributed by atoms with Crippen LogP contribution in [0.25, 0.3) is 5.70 Å². The quantitative estimate of drug-likeness (QED) is 0.725. The molecule has 1 atom stereocenters. The fourth-order valence-corrected chi connectivity index (χ4v) is 3.67. The Morgan fingerprint density at radius 1 is 1.10 bits per heavy atom. The Morgan fingerprint density at radius 2 is 1.76 bits per heavy atom. The van der Waals surface area contributed by atoms with E-state index in [0.29, 0.717) is 12.1 Å². The first-order chi connectivity index (χ1) is 13.9. The van der Waals surface area contributed by atoms with Crippen LogP contribution in [-0.2, 0) is 14.8 Å². The van der Waals surface area contributed by atoms with Crippen LogP contribution in [0.3, 0.4) is 0 Å². The van der Waals surface area contributed by atoms with Crippen molar-refractivity contribution in [1.29, 1.82) is 0 Å². The Hall–Kier alpha value is -3.00. The average Bonchev–Trinajstić information content (AvgIpc) is 3.19. The molecule has 1 unspecified atom stereocenters. The van der Waals surface area contributed by atoms with E-state index in [1.807, 2.05) is 49.4 Å². The van der Waals surface area contributed by atoms with Crippen LogP contribution in [-0.4, -0.2) is 32.2 Å². The molecule has 3 rings (SSSR count). The van der Waals surface area contributed by atoms with Gasteiger partial charge in [0, 0.05) is 12.1 Å². The predicted octanol–water partition coefficient (Wildman–Crippen LogP) is 3.30. The number of sulfonamides is 1. The highest BCUT2D eigenvalue weighted by molar-refractivity contribution is 7.92. The maximum absolute atomic E-state index is 12.5. The molecule has 0 spiro atoms. The summed E-state index contributed by atoms with van der Waals surface area (Å²) in [6, 6.07) is 14.4. The summed E-state index contributed by atoms with van der Waals surface area (Å²) in [6.07, 6.45) is 2.36. The van der Waals surface area contributed by atoms with E-state index >= 15 is 0 Å². The summed E-state index contributed by atoms with van der Waals surface area (Å²) < 4.78 is 31.2. The molecule has 1 amide bonds. The van der Waals surface area contributed by atoms with Crippen molar-refractivity contribution in [2.45, 2.75) is 26.3 Å². The van der Waals surface area contributed by atoms with Crippen LogP contribution in [0, 0.1) is 0 Å². The normalized spacial score (nSPS) is 16.2. The third kappa shape index (κ3) is 4.71. The highest BCUT2D eigenvalue weighted by Gasteiger charge is 2.29. The first-order valence-corrected chi connectivity index (χ1v) is 11.1. The lowest BCUT2D eigenvalue weighted by molar-refractivity contribution is -0.134. The number of methoxy groups -OCH3 is 1. The van der Waals surface area contributed by atoms with Gasteiger partial charge in [0.15, 0.2) is 0 Å². The number of benzene rings is 2. The Morgan fingerprint density at radius 3 is 2.31 bits per heavy atom. The number of hydrogen-bond donors (Lipinski definition) is 2. The minimum Gasteiger partial charge on any atom is -0.497 e. The van der Waals surface area contributed by atoms with Crippen LogP contribution >= 0.6 is 0 Å². The number of nitrogens with zero attached hydrogens (tertiary/aromatic N) is 1. The zero-order valence-corrected chi connectivity index (χ0v) is 17.5. The molecule has 1 aliphatic heterocycles. The van der Waals surface area contributed by atoms with Crippen molar-refractivity contribution in [3.8, 4) is 5.75 Å². The molecular weight excluding hydrogens is 390 g/mol. The van der Waals surface area contributed by atoms with Crippen LogP contribution in [0.15, 0.2) is 54.6 Å². The third-order valence-corrected chi connectivity index (χ3v) is 6.03. The predicted molar refractivity (Wildman–Crippen MR) is 114 cm³/mol. The first-order valence-electron chi connectivity index (χ1n) is 9.42. The molecule has 8 heteroatoms. The standard InChI is InChI=1S/C21H25N3O4S/c1-4-21(25)24-20(16-8-12-18(28-3)13-9-16)14-19(22-24)15-6-10-17(11-7-15)23-29(26,27)5-2/h6-14,20,22-23H,4-5H2,1-3H3. The second-order valence-corrected chi connectivity index (χ2v) is 8.62. The van der Waals surface area contributed by atoms with Crippen molar-refractivity contribution < 1.29 is 17.9 Å². The highest BCUT2D eigenvalue weighted by Crippen LogP contribution is 2.32. The van der Waals surface area contributed by atoms with Gasteiger partial charge in [-0.25, -0.2) is 13.4 Å². The number of rotatable bonds is 7. The molecule has 0 radical (unpaired) electrons. The molecule has 2 aromatic rings. The average molecular weight is 416 g/mol. The Bertz CT molecular complexity index is 999. The second-order valence-electron chi connectivity index (χ2n) is 6.61. The molecule has 2 N–H and O–H groups in total. The summed E-state index contributed by atoms with van der Waals surface area (Å²) in [4.78, 5) is 12.5. The number of hydrogen-bond acceptors (Lipinski definition) is 5. The topological polar surface area (TPSA) is 87.7 Å². The first kappa shape index (κ1) is 20.7. The summed E-state index contributed by atoms with van der Waals surface area (Å²) in [5, 5.41) is 1.62. The number of hydrazine groups is 1. The van der Waals surface area contributed by atoms with Gasteiger partial charge in [0.1, 0.15) is 5.75 Å². The fraction of sp³-hybridized carbons (Fsp3) is 0.286. The lowest BCUT2D eigenvalue weighted by Crippen LogP contribution is -2.39. The van der Waals surface area contributed by atoms with Gasteiger partial charge in [0.25, 0.3) is 0 Å². The van der Waals surface area contributed by atoms with Gasteiger partial charge in [-0.2, -0.15) is 0 Å². The maximum atomic E-state index is 12.5. The van der Waals surface area contributed by atoms with Gasteiger partial charge in [-0.1, -0.05) is 31.2 Å². The zero-order valence-electron chi connectivity index (χ0n) is 16.7. The minimum atomic E-state index is -3.32. The number of carbonyl (C=O) groups is 1. The highest BCUT2D eigenvalue weighted by atomic mass is 32.2. The second kappa shape index (κ2) is 8.57. The third-order valence-electron chi connectivity index (χ3n) is 4.72. The lowest BCUT2D eigenvalue weighted by atomic mass is 10.0. The van der Waals surface area contributed by atoms with Crippen LogP contribution in [0.1, 0.15) is 37.4 Å². The van der Waals surface area contributed by atoms with Gasteiger partial charge in [-0.3, -0.25) is 14.9 Å². The number of anilines is 1. The van der Waals surface area contributed by atoms with Crippen LogP contribution in [0.5, 0.6) is 5.75 Å². The van der Waals surface area contributed by atoms with Crippen molar-refractivity contribution in [1.82, 2.24) is 10.4 Å². The molecule has 2 aromatic carbocycles. The molecule has 29 heavy (non-hydrogen) atoms. The Kier molecular flexibility index (Phi) is 6.12. The van der Waals surface area contributed by atoms with Crippen molar-refractivity contribution in [2.75, 3.05) is 17.6 Å². The molecule has 0 saturated heterocycles. The molecule has 0 saturated carbocycles. The SMILES string of the molecule is CCC(=O)N1NC(c2ccc(NS(=O)(=O)CC)cc2)=CC1c1ccc(OC)cc1. The summed E-state index contributed by atoms with van der Waals surface area (Å²) in [7, 11) is -1.71. The fourth-order valence-electron chi connectivity index (χ4n) is 3.03. The summed E-state index contributed by atoms with van der Waals surface area (Å²) >= 11 is 0. The Labute approximate surface area is 171 Å². The van der Waals surface area contributed by atoms with Crippen molar-refractivity contribution in [2.24, 2.45) is 0 Å². The van der Waals surface area contributed by atoms with Crippen LogP contribution in [0.2, 0.25) is 0 Å². The van der Waals surface area contributed by atoms with E-state index < -0.39 is 10.0 Å². The van der Waals surface area contributed by atoms with Gasteiger partial charge >= 0.3 is 0 Å². The molecule has 7 nitrogen and oxygen atoms in total. The van der Waals surface area contributed by atoms with E-state index in [1.165, 1.54) is 0 Å². The molecule has 154 valence electrons. The lowest BCUT2D eigenvalue weighted by Gasteiger charge is -2.25. The summed E-state index contributed by atoms with van der Waals surface area (Å²) in [5.41, 5.74) is 6.30. The number of carbonyl (C=O) groups excluding carboxylic acids is 1.